The van der Waals surface area contributed by atoms with E-state index in [0.29, 0.717) is 24.9 Å². The molecular weight excluding hydrogens is 273 g/mol. The van der Waals surface area contributed by atoms with Crippen molar-refractivity contribution in [1.82, 2.24) is 4.90 Å². The van der Waals surface area contributed by atoms with E-state index in [1.54, 1.807) is 36.9 Å². The second-order valence-corrected chi connectivity index (χ2v) is 5.70. The number of nitrogens with zero attached hydrogens (tertiary/aromatic N) is 1. The molecule has 1 heterocycles. The molecule has 5 heteroatoms. The molecule has 1 aliphatic rings. The normalized spacial score (nSPS) is 23.1. The third kappa shape index (κ3) is 3.23. The second kappa shape index (κ2) is 6.24. The molecule has 1 aromatic rings. The molecule has 1 saturated heterocycles. The number of carboxylic acid groups (broad SMARTS) is 1. The van der Waals surface area contributed by atoms with Crippen LogP contribution in [0, 0.1) is 17.7 Å². The van der Waals surface area contributed by atoms with E-state index in [2.05, 4.69) is 0 Å². The van der Waals surface area contributed by atoms with Crippen molar-refractivity contribution in [3.8, 4) is 0 Å². The topological polar surface area (TPSA) is 57.6 Å². The van der Waals surface area contributed by atoms with Gasteiger partial charge in [0.05, 0.1) is 5.92 Å². The summed E-state index contributed by atoms with van der Waals surface area (Å²) in [6.07, 6.45) is 0.807. The van der Waals surface area contributed by atoms with Crippen molar-refractivity contribution in [3.63, 3.8) is 0 Å². The first-order valence-corrected chi connectivity index (χ1v) is 7.18. The van der Waals surface area contributed by atoms with Gasteiger partial charge in [-0.05, 0) is 31.4 Å². The van der Waals surface area contributed by atoms with Gasteiger partial charge in [0.25, 0.3) is 0 Å². The van der Waals surface area contributed by atoms with Gasteiger partial charge in [-0.25, -0.2) is 4.39 Å². The summed E-state index contributed by atoms with van der Waals surface area (Å²) in [6, 6.07) is 6.11. The van der Waals surface area contributed by atoms with Gasteiger partial charge in [0.15, 0.2) is 0 Å². The Morgan fingerprint density at radius 2 is 2.10 bits per heavy atom. The molecule has 2 rings (SSSR count). The number of carboxylic acids is 1. The van der Waals surface area contributed by atoms with Crippen molar-refractivity contribution >= 4 is 11.9 Å². The van der Waals surface area contributed by atoms with Crippen LogP contribution in [0.5, 0.6) is 0 Å². The zero-order valence-electron chi connectivity index (χ0n) is 12.3. The Bertz CT molecular complexity index is 546. The first kappa shape index (κ1) is 15.5. The highest BCUT2D eigenvalue weighted by Gasteiger charge is 2.39. The molecule has 0 radical (unpaired) electrons. The molecule has 1 amide bonds. The molecule has 114 valence electrons. The van der Waals surface area contributed by atoms with Crippen molar-refractivity contribution in [2.24, 2.45) is 11.8 Å². The average molecular weight is 293 g/mol. The van der Waals surface area contributed by atoms with Gasteiger partial charge in [0, 0.05) is 18.5 Å². The largest absolute Gasteiger partial charge is 0.481 e. The van der Waals surface area contributed by atoms with Crippen molar-refractivity contribution in [2.75, 3.05) is 6.54 Å². The Labute approximate surface area is 123 Å². The average Bonchev–Trinajstić information content (AvgIpc) is 2.82. The van der Waals surface area contributed by atoms with Crippen LogP contribution in [0.2, 0.25) is 0 Å². The predicted molar refractivity (Wildman–Crippen MR) is 76.2 cm³/mol. The molecule has 0 bridgehead atoms. The highest BCUT2D eigenvalue weighted by molar-refractivity contribution is 5.81. The molecule has 0 aliphatic carbocycles. The fraction of sp³-hybridized carbons (Fsp3) is 0.500. The van der Waals surface area contributed by atoms with Crippen LogP contribution in [-0.4, -0.2) is 34.5 Å². The number of amides is 1. The Morgan fingerprint density at radius 3 is 2.67 bits per heavy atom. The zero-order chi connectivity index (χ0) is 15.6. The van der Waals surface area contributed by atoms with E-state index in [0.717, 1.165) is 0 Å². The van der Waals surface area contributed by atoms with E-state index in [1.807, 2.05) is 0 Å². The number of aliphatic carboxylic acids is 1. The quantitative estimate of drug-likeness (QED) is 0.927. The van der Waals surface area contributed by atoms with Crippen LogP contribution in [-0.2, 0) is 16.0 Å². The lowest BCUT2D eigenvalue weighted by atomic mass is 9.98. The third-order valence-corrected chi connectivity index (χ3v) is 4.26. The number of carbonyl (C=O) groups is 2. The number of hydrogen-bond donors (Lipinski definition) is 1. The fourth-order valence-corrected chi connectivity index (χ4v) is 2.95. The molecule has 0 spiro atoms. The minimum Gasteiger partial charge on any atom is -0.481 e. The highest BCUT2D eigenvalue weighted by atomic mass is 19.1. The number of carbonyl (C=O) groups excluding carboxylic acids is 1. The van der Waals surface area contributed by atoms with Crippen LogP contribution in [0.15, 0.2) is 24.3 Å². The SMILES string of the molecule is CC(Cc1ccccc1F)C(=O)N1CCC(C(=O)O)C1C. The molecule has 3 unspecified atom stereocenters. The highest BCUT2D eigenvalue weighted by Crippen LogP contribution is 2.26. The van der Waals surface area contributed by atoms with E-state index in [1.165, 1.54) is 6.07 Å². The molecule has 0 saturated carbocycles. The number of halogens is 1. The van der Waals surface area contributed by atoms with Gasteiger partial charge in [-0.1, -0.05) is 25.1 Å². The van der Waals surface area contributed by atoms with E-state index in [9.17, 15) is 14.0 Å². The molecule has 1 aromatic carbocycles. The fourth-order valence-electron chi connectivity index (χ4n) is 2.95. The van der Waals surface area contributed by atoms with Crippen molar-refractivity contribution < 1.29 is 19.1 Å². The first-order chi connectivity index (χ1) is 9.91. The predicted octanol–water partition coefficient (Wildman–Crippen LogP) is 2.33. The van der Waals surface area contributed by atoms with Crippen LogP contribution in [0.1, 0.15) is 25.8 Å². The summed E-state index contributed by atoms with van der Waals surface area (Å²) in [5.41, 5.74) is 0.514. The Hall–Kier alpha value is -1.91. The lowest BCUT2D eigenvalue weighted by Crippen LogP contribution is -2.41. The maximum Gasteiger partial charge on any atom is 0.308 e. The number of hydrogen-bond acceptors (Lipinski definition) is 2. The molecule has 1 aliphatic heterocycles. The van der Waals surface area contributed by atoms with Gasteiger partial charge in [-0.3, -0.25) is 9.59 Å². The summed E-state index contributed by atoms with van der Waals surface area (Å²) >= 11 is 0. The zero-order valence-corrected chi connectivity index (χ0v) is 12.3. The summed E-state index contributed by atoms with van der Waals surface area (Å²) in [7, 11) is 0. The Kier molecular flexibility index (Phi) is 4.60. The lowest BCUT2D eigenvalue weighted by Gasteiger charge is -2.26. The summed E-state index contributed by atoms with van der Waals surface area (Å²) in [6.45, 7) is 3.98. The molecular formula is C16H20FNO3. The van der Waals surface area contributed by atoms with E-state index in [4.69, 9.17) is 5.11 Å². The maximum atomic E-state index is 13.6. The molecule has 1 N–H and O–H groups in total. The first-order valence-electron chi connectivity index (χ1n) is 7.18. The van der Waals surface area contributed by atoms with E-state index < -0.39 is 11.9 Å². The summed E-state index contributed by atoms with van der Waals surface area (Å²) in [5.74, 6) is -2.14. The van der Waals surface area contributed by atoms with Crippen LogP contribution < -0.4 is 0 Å². The Balaban J connectivity index is 2.03. The number of likely N-dealkylation sites (tertiary alicyclic amines) is 1. The maximum absolute atomic E-state index is 13.6. The van der Waals surface area contributed by atoms with Gasteiger partial charge in [0.1, 0.15) is 5.82 Å². The van der Waals surface area contributed by atoms with Crippen LogP contribution >= 0.6 is 0 Å². The molecule has 4 nitrogen and oxygen atoms in total. The minimum atomic E-state index is -0.862. The Morgan fingerprint density at radius 1 is 1.43 bits per heavy atom. The summed E-state index contributed by atoms with van der Waals surface area (Å²) in [5, 5.41) is 9.11. The molecule has 1 fully saturated rings. The second-order valence-electron chi connectivity index (χ2n) is 5.70. The standard InChI is InChI=1S/C16H20FNO3/c1-10(9-12-5-3-4-6-14(12)17)15(19)18-8-7-13(11(18)2)16(20)21/h3-6,10-11,13H,7-9H2,1-2H3,(H,20,21). The smallest absolute Gasteiger partial charge is 0.308 e. The van der Waals surface area contributed by atoms with Gasteiger partial charge in [0.2, 0.25) is 5.91 Å². The van der Waals surface area contributed by atoms with Crippen LogP contribution in [0.3, 0.4) is 0 Å². The third-order valence-electron chi connectivity index (χ3n) is 4.26. The number of benzene rings is 1. The van der Waals surface area contributed by atoms with Gasteiger partial charge in [-0.15, -0.1) is 0 Å². The van der Waals surface area contributed by atoms with E-state index >= 15 is 0 Å². The number of rotatable bonds is 4. The van der Waals surface area contributed by atoms with Crippen molar-refractivity contribution in [3.05, 3.63) is 35.6 Å². The van der Waals surface area contributed by atoms with Crippen LogP contribution in [0.25, 0.3) is 0 Å². The minimum absolute atomic E-state index is 0.102. The van der Waals surface area contributed by atoms with Crippen LogP contribution in [0.4, 0.5) is 4.39 Å². The van der Waals surface area contributed by atoms with Crippen molar-refractivity contribution in [2.45, 2.75) is 32.7 Å². The summed E-state index contributed by atoms with van der Waals surface area (Å²) < 4.78 is 13.6. The van der Waals surface area contributed by atoms with E-state index in [-0.39, 0.29) is 23.7 Å². The summed E-state index contributed by atoms with van der Waals surface area (Å²) in [4.78, 5) is 25.2. The lowest BCUT2D eigenvalue weighted by molar-refractivity contribution is -0.143. The molecule has 0 aromatic heterocycles. The molecule has 3 atom stereocenters. The van der Waals surface area contributed by atoms with Gasteiger partial charge < -0.3 is 10.0 Å². The monoisotopic (exact) mass is 293 g/mol. The van der Waals surface area contributed by atoms with Gasteiger partial charge >= 0.3 is 5.97 Å². The van der Waals surface area contributed by atoms with Crippen molar-refractivity contribution in [1.29, 1.82) is 0 Å². The van der Waals surface area contributed by atoms with Gasteiger partial charge in [-0.2, -0.15) is 0 Å². The molecule has 21 heavy (non-hydrogen) atoms.